The Labute approximate surface area is 167 Å². The fourth-order valence-corrected chi connectivity index (χ4v) is 4.31. The molecule has 7 heteroatoms. The summed E-state index contributed by atoms with van der Waals surface area (Å²) in [7, 11) is 0. The number of para-hydroxylation sites is 1. The molecule has 0 radical (unpaired) electrons. The number of thiazole rings is 1. The summed E-state index contributed by atoms with van der Waals surface area (Å²) in [6.07, 6.45) is 0. The molecule has 28 heavy (non-hydrogen) atoms. The number of rotatable bonds is 4. The van der Waals surface area contributed by atoms with Crippen LogP contribution in [0.1, 0.15) is 22.3 Å². The zero-order valence-electron chi connectivity index (χ0n) is 15.6. The first-order valence-corrected chi connectivity index (χ1v) is 10.0. The summed E-state index contributed by atoms with van der Waals surface area (Å²) < 4.78 is 6.22. The number of piperazine rings is 1. The van der Waals surface area contributed by atoms with Gasteiger partial charge in [-0.05, 0) is 36.4 Å². The molecule has 0 bridgehead atoms. The molecule has 0 N–H and O–H groups in total. The lowest BCUT2D eigenvalue weighted by atomic mass is 10.1. The summed E-state index contributed by atoms with van der Waals surface area (Å²) >= 11 is 1.73. The van der Waals surface area contributed by atoms with E-state index in [9.17, 15) is 9.59 Å². The molecular weight excluding hydrogens is 374 g/mol. The lowest BCUT2D eigenvalue weighted by Crippen LogP contribution is -2.48. The third-order valence-corrected chi connectivity index (χ3v) is 5.74. The molecule has 4 rings (SSSR count). The molecule has 0 atom stereocenters. The van der Waals surface area contributed by atoms with E-state index in [-0.39, 0.29) is 11.9 Å². The van der Waals surface area contributed by atoms with Crippen molar-refractivity contribution in [1.82, 2.24) is 14.8 Å². The third-order valence-electron chi connectivity index (χ3n) is 4.72. The summed E-state index contributed by atoms with van der Waals surface area (Å²) in [4.78, 5) is 32.6. The molecule has 0 saturated carbocycles. The smallest absolute Gasteiger partial charge is 0.308 e. The normalized spacial score (nSPS) is 15.0. The molecule has 0 spiro atoms. The van der Waals surface area contributed by atoms with Crippen molar-refractivity contribution < 1.29 is 14.3 Å². The van der Waals surface area contributed by atoms with Gasteiger partial charge in [0, 0.05) is 38.7 Å². The van der Waals surface area contributed by atoms with Gasteiger partial charge in [-0.25, -0.2) is 4.98 Å². The zero-order chi connectivity index (χ0) is 19.5. The SMILES string of the molecule is CC(=O)Oc1ccc(C(=O)N2CCN(Cc3nc4ccccc4s3)CC2)cc1. The maximum absolute atomic E-state index is 12.7. The van der Waals surface area contributed by atoms with Crippen LogP contribution in [0.15, 0.2) is 48.5 Å². The highest BCUT2D eigenvalue weighted by Crippen LogP contribution is 2.23. The van der Waals surface area contributed by atoms with E-state index in [1.54, 1.807) is 35.6 Å². The van der Waals surface area contributed by atoms with Gasteiger partial charge in [-0.3, -0.25) is 14.5 Å². The predicted octanol–water partition coefficient (Wildman–Crippen LogP) is 3.18. The van der Waals surface area contributed by atoms with Crippen LogP contribution in [0.2, 0.25) is 0 Å². The number of carbonyl (C=O) groups excluding carboxylic acids is 2. The Kier molecular flexibility index (Phi) is 5.36. The van der Waals surface area contributed by atoms with E-state index < -0.39 is 0 Å². The van der Waals surface area contributed by atoms with Gasteiger partial charge in [0.05, 0.1) is 16.8 Å². The Morgan fingerprint density at radius 1 is 1.04 bits per heavy atom. The van der Waals surface area contributed by atoms with Crippen molar-refractivity contribution in [2.75, 3.05) is 26.2 Å². The number of carbonyl (C=O) groups is 2. The molecule has 2 heterocycles. The minimum atomic E-state index is -0.372. The van der Waals surface area contributed by atoms with E-state index in [2.05, 4.69) is 11.0 Å². The first-order chi connectivity index (χ1) is 13.6. The van der Waals surface area contributed by atoms with Crippen molar-refractivity contribution in [2.45, 2.75) is 13.5 Å². The van der Waals surface area contributed by atoms with Gasteiger partial charge < -0.3 is 9.64 Å². The fourth-order valence-electron chi connectivity index (χ4n) is 3.30. The topological polar surface area (TPSA) is 62.7 Å². The Morgan fingerprint density at radius 2 is 1.75 bits per heavy atom. The lowest BCUT2D eigenvalue weighted by Gasteiger charge is -2.34. The van der Waals surface area contributed by atoms with Gasteiger partial charge in [-0.15, -0.1) is 11.3 Å². The van der Waals surface area contributed by atoms with Crippen LogP contribution in [0.25, 0.3) is 10.2 Å². The summed E-state index contributed by atoms with van der Waals surface area (Å²) in [5, 5.41) is 1.11. The Bertz CT molecular complexity index is 959. The standard InChI is InChI=1S/C21H21N3O3S/c1-15(25)27-17-8-6-16(7-9-17)21(26)24-12-10-23(11-13-24)14-20-22-18-4-2-3-5-19(18)28-20/h2-9H,10-14H2,1H3. The van der Waals surface area contributed by atoms with Gasteiger partial charge >= 0.3 is 5.97 Å². The van der Waals surface area contributed by atoms with Crippen LogP contribution in [-0.4, -0.2) is 52.8 Å². The number of benzene rings is 2. The number of hydrogen-bond acceptors (Lipinski definition) is 6. The maximum atomic E-state index is 12.7. The van der Waals surface area contributed by atoms with Crippen LogP contribution in [0.3, 0.4) is 0 Å². The molecule has 1 aromatic heterocycles. The maximum Gasteiger partial charge on any atom is 0.308 e. The second-order valence-corrected chi connectivity index (χ2v) is 7.88. The quantitative estimate of drug-likeness (QED) is 0.502. The molecule has 1 fully saturated rings. The minimum absolute atomic E-state index is 0.00834. The Balaban J connectivity index is 1.33. The summed E-state index contributed by atoms with van der Waals surface area (Å²) in [6, 6.07) is 14.9. The van der Waals surface area contributed by atoms with Crippen molar-refractivity contribution in [2.24, 2.45) is 0 Å². The van der Waals surface area contributed by atoms with Crippen molar-refractivity contribution >= 4 is 33.4 Å². The molecule has 0 aliphatic carbocycles. The molecule has 1 saturated heterocycles. The van der Waals surface area contributed by atoms with E-state index >= 15 is 0 Å². The number of ether oxygens (including phenoxy) is 1. The largest absolute Gasteiger partial charge is 0.427 e. The second kappa shape index (κ2) is 8.08. The van der Waals surface area contributed by atoms with E-state index in [4.69, 9.17) is 9.72 Å². The molecule has 1 aliphatic heterocycles. The summed E-state index contributed by atoms with van der Waals surface area (Å²) in [5.74, 6) is 0.0852. The molecule has 6 nitrogen and oxygen atoms in total. The van der Waals surface area contributed by atoms with Crippen LogP contribution >= 0.6 is 11.3 Å². The zero-order valence-corrected chi connectivity index (χ0v) is 16.4. The number of aromatic nitrogens is 1. The van der Waals surface area contributed by atoms with Crippen molar-refractivity contribution in [1.29, 1.82) is 0 Å². The van der Waals surface area contributed by atoms with E-state index in [0.717, 1.165) is 30.2 Å². The van der Waals surface area contributed by atoms with Crippen LogP contribution < -0.4 is 4.74 Å². The van der Waals surface area contributed by atoms with Gasteiger partial charge in [-0.1, -0.05) is 12.1 Å². The average molecular weight is 395 g/mol. The van der Waals surface area contributed by atoms with E-state index in [1.807, 2.05) is 23.1 Å². The van der Waals surface area contributed by atoms with Crippen molar-refractivity contribution in [3.05, 3.63) is 59.1 Å². The molecule has 3 aromatic rings. The van der Waals surface area contributed by atoms with Crippen LogP contribution in [-0.2, 0) is 11.3 Å². The number of hydrogen-bond donors (Lipinski definition) is 0. The molecule has 1 amide bonds. The summed E-state index contributed by atoms with van der Waals surface area (Å²) in [6.45, 7) is 5.20. The van der Waals surface area contributed by atoms with Crippen LogP contribution in [0.5, 0.6) is 5.75 Å². The highest BCUT2D eigenvalue weighted by Gasteiger charge is 2.23. The van der Waals surface area contributed by atoms with Crippen molar-refractivity contribution in [3.63, 3.8) is 0 Å². The number of amides is 1. The molecule has 144 valence electrons. The van der Waals surface area contributed by atoms with Crippen molar-refractivity contribution in [3.8, 4) is 5.75 Å². The number of esters is 1. The first-order valence-electron chi connectivity index (χ1n) is 9.23. The molecular formula is C21H21N3O3S. The first kappa shape index (κ1) is 18.6. The molecule has 0 unspecified atom stereocenters. The monoisotopic (exact) mass is 395 g/mol. The van der Waals surface area contributed by atoms with E-state index in [1.165, 1.54) is 11.6 Å². The Morgan fingerprint density at radius 3 is 2.43 bits per heavy atom. The number of fused-ring (bicyclic) bond motifs is 1. The fraction of sp³-hybridized carbons (Fsp3) is 0.286. The lowest BCUT2D eigenvalue weighted by molar-refractivity contribution is -0.131. The van der Waals surface area contributed by atoms with Crippen LogP contribution in [0.4, 0.5) is 0 Å². The average Bonchev–Trinajstić information content (AvgIpc) is 3.10. The minimum Gasteiger partial charge on any atom is -0.427 e. The molecule has 2 aromatic carbocycles. The van der Waals surface area contributed by atoms with Gasteiger partial charge in [0.25, 0.3) is 5.91 Å². The van der Waals surface area contributed by atoms with Gasteiger partial charge in [-0.2, -0.15) is 0 Å². The highest BCUT2D eigenvalue weighted by molar-refractivity contribution is 7.18. The van der Waals surface area contributed by atoms with Crippen LogP contribution in [0, 0.1) is 0 Å². The Hall–Kier alpha value is -2.77. The number of nitrogens with zero attached hydrogens (tertiary/aromatic N) is 3. The molecule has 1 aliphatic rings. The van der Waals surface area contributed by atoms with Gasteiger partial charge in [0.15, 0.2) is 0 Å². The second-order valence-electron chi connectivity index (χ2n) is 6.76. The highest BCUT2D eigenvalue weighted by atomic mass is 32.1. The van der Waals surface area contributed by atoms with Gasteiger partial charge in [0.1, 0.15) is 10.8 Å². The summed E-state index contributed by atoms with van der Waals surface area (Å²) in [5.41, 5.74) is 1.66. The van der Waals surface area contributed by atoms with E-state index in [0.29, 0.717) is 24.4 Å². The third kappa shape index (κ3) is 4.21. The predicted molar refractivity (Wildman–Crippen MR) is 109 cm³/mol. The van der Waals surface area contributed by atoms with Gasteiger partial charge in [0.2, 0.25) is 0 Å².